The van der Waals surface area contributed by atoms with Gasteiger partial charge in [0, 0.05) is 5.39 Å². The molecule has 0 amide bonds. The summed E-state index contributed by atoms with van der Waals surface area (Å²) in [6.07, 6.45) is 0. The molecular formula is C32H35N2+. The van der Waals surface area contributed by atoms with Crippen molar-refractivity contribution in [1.29, 1.82) is 0 Å². The lowest BCUT2D eigenvalue weighted by atomic mass is 9.85. The molecule has 0 bridgehead atoms. The number of rotatable bonds is 3. The Labute approximate surface area is 203 Å². The molecule has 2 heteroatoms. The van der Waals surface area contributed by atoms with Crippen LogP contribution in [-0.2, 0) is 12.5 Å². The predicted octanol–water partition coefficient (Wildman–Crippen LogP) is 8.00. The van der Waals surface area contributed by atoms with Gasteiger partial charge in [-0.05, 0) is 64.6 Å². The Bertz CT molecular complexity index is 1520. The Kier molecular flexibility index (Phi) is 5.36. The zero-order chi connectivity index (χ0) is 24.2. The van der Waals surface area contributed by atoms with Crippen LogP contribution in [0.15, 0.2) is 78.9 Å². The van der Waals surface area contributed by atoms with E-state index in [1.54, 1.807) is 0 Å². The van der Waals surface area contributed by atoms with Crippen LogP contribution in [0.3, 0.4) is 0 Å². The van der Waals surface area contributed by atoms with E-state index in [-0.39, 0.29) is 5.41 Å². The molecule has 34 heavy (non-hydrogen) atoms. The average Bonchev–Trinajstić information content (AvgIpc) is 3.09. The summed E-state index contributed by atoms with van der Waals surface area (Å²) in [6.45, 7) is 13.6. The molecule has 0 saturated carbocycles. The molecule has 172 valence electrons. The van der Waals surface area contributed by atoms with Gasteiger partial charge in [-0.15, -0.1) is 0 Å². The largest absolute Gasteiger partial charge is 0.295 e. The van der Waals surface area contributed by atoms with Gasteiger partial charge in [-0.3, -0.25) is 0 Å². The first kappa shape index (κ1) is 22.4. The van der Waals surface area contributed by atoms with E-state index in [0.29, 0.717) is 5.92 Å². The van der Waals surface area contributed by atoms with Gasteiger partial charge in [0.2, 0.25) is 0 Å². The number of aromatic nitrogens is 2. The fourth-order valence-electron chi connectivity index (χ4n) is 5.01. The molecule has 1 aromatic heterocycles. The summed E-state index contributed by atoms with van der Waals surface area (Å²) in [4.78, 5) is 0. The first-order chi connectivity index (χ1) is 16.2. The molecule has 0 aliphatic carbocycles. The standard InChI is InChI=1S/C32H35N2/c1-21(2)24-16-18-29-30(19-24)33(7)31(27-20-25(32(4,5)6)17-15-22(27)3)34(29)28-14-10-12-23-11-8-9-13-26(23)28/h8-21H,1-7H3/q+1. The van der Waals surface area contributed by atoms with Gasteiger partial charge < -0.3 is 0 Å². The van der Waals surface area contributed by atoms with Crippen molar-refractivity contribution in [2.75, 3.05) is 0 Å². The van der Waals surface area contributed by atoms with Crippen molar-refractivity contribution < 1.29 is 4.57 Å². The third-order valence-corrected chi connectivity index (χ3v) is 7.15. The van der Waals surface area contributed by atoms with Crippen molar-refractivity contribution in [3.63, 3.8) is 0 Å². The van der Waals surface area contributed by atoms with Crippen molar-refractivity contribution in [3.05, 3.63) is 95.6 Å². The van der Waals surface area contributed by atoms with Crippen LogP contribution in [0.5, 0.6) is 0 Å². The second-order valence-corrected chi connectivity index (χ2v) is 10.9. The zero-order valence-electron chi connectivity index (χ0n) is 21.5. The first-order valence-electron chi connectivity index (χ1n) is 12.3. The first-order valence-corrected chi connectivity index (χ1v) is 12.3. The van der Waals surface area contributed by atoms with E-state index in [2.05, 4.69) is 137 Å². The van der Waals surface area contributed by atoms with E-state index in [9.17, 15) is 0 Å². The second kappa shape index (κ2) is 8.13. The SMILES string of the molecule is Cc1ccc(C(C)(C)C)cc1-c1n(C)c2cc(C(C)C)ccc2[n+]1-c1cccc2ccccc12. The average molecular weight is 448 g/mol. The lowest BCUT2D eigenvalue weighted by Gasteiger charge is -2.20. The highest BCUT2D eigenvalue weighted by Crippen LogP contribution is 2.33. The zero-order valence-corrected chi connectivity index (χ0v) is 21.5. The maximum atomic E-state index is 2.47. The number of aryl methyl sites for hydroxylation is 2. The van der Waals surface area contributed by atoms with E-state index < -0.39 is 0 Å². The summed E-state index contributed by atoms with van der Waals surface area (Å²) >= 11 is 0. The quantitative estimate of drug-likeness (QED) is 0.248. The van der Waals surface area contributed by atoms with Crippen molar-refractivity contribution in [2.24, 2.45) is 7.05 Å². The van der Waals surface area contributed by atoms with Gasteiger partial charge in [0.1, 0.15) is 5.69 Å². The highest BCUT2D eigenvalue weighted by Gasteiger charge is 2.29. The molecule has 0 radical (unpaired) electrons. The number of benzene rings is 4. The molecule has 4 aromatic carbocycles. The monoisotopic (exact) mass is 447 g/mol. The highest BCUT2D eigenvalue weighted by molar-refractivity contribution is 5.90. The van der Waals surface area contributed by atoms with Gasteiger partial charge in [0.15, 0.2) is 11.0 Å². The highest BCUT2D eigenvalue weighted by atomic mass is 15.2. The van der Waals surface area contributed by atoms with E-state index in [4.69, 9.17) is 0 Å². The van der Waals surface area contributed by atoms with Crippen molar-refractivity contribution in [2.45, 2.75) is 52.9 Å². The van der Waals surface area contributed by atoms with Crippen molar-refractivity contribution in [3.8, 4) is 17.1 Å². The van der Waals surface area contributed by atoms with E-state index >= 15 is 0 Å². The summed E-state index contributed by atoms with van der Waals surface area (Å²) < 4.78 is 4.86. The Morgan fingerprint density at radius 3 is 2.29 bits per heavy atom. The van der Waals surface area contributed by atoms with E-state index in [1.807, 2.05) is 0 Å². The summed E-state index contributed by atoms with van der Waals surface area (Å²) in [5.41, 5.74) is 9.09. The Hall–Kier alpha value is -3.39. The van der Waals surface area contributed by atoms with E-state index in [0.717, 1.165) is 0 Å². The molecule has 5 aromatic rings. The molecule has 5 rings (SSSR count). The molecule has 0 fully saturated rings. The van der Waals surface area contributed by atoms with Crippen LogP contribution in [0.2, 0.25) is 0 Å². The molecule has 0 aliphatic rings. The minimum atomic E-state index is 0.0854. The summed E-state index contributed by atoms with van der Waals surface area (Å²) in [5, 5.41) is 2.52. The van der Waals surface area contributed by atoms with Crippen LogP contribution in [0, 0.1) is 6.92 Å². The molecule has 1 heterocycles. The van der Waals surface area contributed by atoms with Crippen LogP contribution < -0.4 is 4.57 Å². The lowest BCUT2D eigenvalue weighted by molar-refractivity contribution is -0.554. The van der Waals surface area contributed by atoms with Gasteiger partial charge in [-0.1, -0.05) is 89.2 Å². The van der Waals surface area contributed by atoms with Crippen molar-refractivity contribution >= 4 is 21.8 Å². The molecule has 0 aliphatic heterocycles. The Morgan fingerprint density at radius 2 is 1.56 bits per heavy atom. The summed E-state index contributed by atoms with van der Waals surface area (Å²) in [5.74, 6) is 1.70. The summed E-state index contributed by atoms with van der Waals surface area (Å²) in [7, 11) is 2.21. The molecule has 0 saturated heterocycles. The second-order valence-electron chi connectivity index (χ2n) is 10.9. The molecule has 0 atom stereocenters. The van der Waals surface area contributed by atoms with Gasteiger partial charge in [0.25, 0.3) is 5.82 Å². The van der Waals surface area contributed by atoms with Crippen LogP contribution in [0.4, 0.5) is 0 Å². The maximum absolute atomic E-state index is 2.47. The number of fused-ring (bicyclic) bond motifs is 2. The van der Waals surface area contributed by atoms with E-state index in [1.165, 1.54) is 55.6 Å². The van der Waals surface area contributed by atoms with Crippen LogP contribution in [0.1, 0.15) is 57.2 Å². The minimum Gasteiger partial charge on any atom is -0.225 e. The van der Waals surface area contributed by atoms with Crippen LogP contribution in [-0.4, -0.2) is 4.57 Å². The molecule has 0 N–H and O–H groups in total. The van der Waals surface area contributed by atoms with Gasteiger partial charge >= 0.3 is 0 Å². The number of hydrogen-bond acceptors (Lipinski definition) is 0. The van der Waals surface area contributed by atoms with Gasteiger partial charge in [-0.2, -0.15) is 4.57 Å². The fourth-order valence-corrected chi connectivity index (χ4v) is 5.01. The number of nitrogens with zero attached hydrogens (tertiary/aromatic N) is 2. The Balaban J connectivity index is 1.94. The van der Waals surface area contributed by atoms with Crippen LogP contribution >= 0.6 is 0 Å². The normalized spacial score (nSPS) is 12.2. The molecule has 0 unspecified atom stereocenters. The smallest absolute Gasteiger partial charge is 0.225 e. The van der Waals surface area contributed by atoms with Crippen molar-refractivity contribution in [1.82, 2.24) is 4.57 Å². The Morgan fingerprint density at radius 1 is 0.824 bits per heavy atom. The summed E-state index contributed by atoms with van der Waals surface area (Å²) in [6, 6.07) is 29.2. The van der Waals surface area contributed by atoms with Gasteiger partial charge in [-0.25, -0.2) is 4.57 Å². The molecule has 0 spiro atoms. The lowest BCUT2D eigenvalue weighted by Crippen LogP contribution is -2.33. The number of hydrogen-bond donors (Lipinski definition) is 0. The predicted molar refractivity (Wildman–Crippen MR) is 145 cm³/mol. The molecule has 2 nitrogen and oxygen atoms in total. The molecular weight excluding hydrogens is 412 g/mol. The fraction of sp³-hybridized carbons (Fsp3) is 0.281. The van der Waals surface area contributed by atoms with Gasteiger partial charge in [0.05, 0.1) is 12.6 Å². The minimum absolute atomic E-state index is 0.0854. The topological polar surface area (TPSA) is 8.81 Å². The third-order valence-electron chi connectivity index (χ3n) is 7.15. The third kappa shape index (κ3) is 3.62. The number of imidazole rings is 1. The van der Waals surface area contributed by atoms with Crippen LogP contribution in [0.25, 0.3) is 38.9 Å². The maximum Gasteiger partial charge on any atom is 0.295 e.